The zero-order valence-electron chi connectivity index (χ0n) is 38.7. The van der Waals surface area contributed by atoms with Crippen LogP contribution in [0.15, 0.2) is 89.5 Å². The van der Waals surface area contributed by atoms with Gasteiger partial charge in [0.1, 0.15) is 30.9 Å². The average Bonchev–Trinajstić information content (AvgIpc) is 3.78. The molecule has 5 aromatic rings. The molecule has 20 heteroatoms. The predicted molar refractivity (Wildman–Crippen MR) is 267 cm³/mol. The number of piperazine rings is 1. The minimum absolute atomic E-state index is 0.0739. The number of amides is 1. The topological polar surface area (TPSA) is 196 Å². The molecule has 0 saturated carbocycles. The molecule has 2 aromatic heterocycles. The number of nitrogens with one attached hydrogen (secondary N) is 3. The Balaban J connectivity index is 0.960. The van der Waals surface area contributed by atoms with Gasteiger partial charge in [0.2, 0.25) is 5.88 Å². The molecule has 3 aliphatic heterocycles. The Labute approximate surface area is 401 Å². The molecule has 1 unspecified atom stereocenters. The van der Waals surface area contributed by atoms with Gasteiger partial charge in [-0.05, 0) is 90.4 Å². The second-order valence-corrected chi connectivity index (χ2v) is 24.3. The molecule has 3 N–H and O–H groups in total. The number of aromatic nitrogens is 2. The van der Waals surface area contributed by atoms with Gasteiger partial charge in [0.05, 0.1) is 40.3 Å². The number of carbonyl (C=O) groups is 1. The summed E-state index contributed by atoms with van der Waals surface area (Å²) in [4.78, 5) is 40.0. The Kier molecular flexibility index (Phi) is 13.4. The van der Waals surface area contributed by atoms with Crippen LogP contribution in [0, 0.1) is 15.5 Å². The summed E-state index contributed by atoms with van der Waals surface area (Å²) in [6.45, 7) is 14.0. The smallest absolute Gasteiger partial charge is 0.293 e. The molecule has 1 atom stereocenters. The zero-order chi connectivity index (χ0) is 48.0. The van der Waals surface area contributed by atoms with Crippen LogP contribution >= 0.6 is 18.9 Å². The van der Waals surface area contributed by atoms with Gasteiger partial charge in [0.25, 0.3) is 21.6 Å². The summed E-state index contributed by atoms with van der Waals surface area (Å²) >= 11 is 6.27. The van der Waals surface area contributed by atoms with Crippen molar-refractivity contribution in [1.29, 1.82) is 0 Å². The van der Waals surface area contributed by atoms with Crippen molar-refractivity contribution >= 4 is 79.9 Å². The first-order valence-electron chi connectivity index (χ1n) is 22.9. The monoisotopic (exact) mass is 985 g/mol. The maximum absolute atomic E-state index is 14.4. The van der Waals surface area contributed by atoms with Crippen LogP contribution in [0.3, 0.4) is 0 Å². The number of anilines is 4. The fourth-order valence-electron chi connectivity index (χ4n) is 9.59. The Morgan fingerprint density at radius 1 is 0.985 bits per heavy atom. The number of ether oxygens (including phenoxy) is 2. The Morgan fingerprint density at radius 3 is 2.51 bits per heavy atom. The molecule has 0 spiro atoms. The number of benzene rings is 3. The van der Waals surface area contributed by atoms with Crippen molar-refractivity contribution in [3.8, 4) is 5.88 Å². The number of hydrogen-bond acceptors (Lipinski definition) is 13. The van der Waals surface area contributed by atoms with E-state index in [1.165, 1.54) is 28.8 Å². The van der Waals surface area contributed by atoms with E-state index in [4.69, 9.17) is 26.1 Å². The molecule has 1 aliphatic carbocycles. The summed E-state index contributed by atoms with van der Waals surface area (Å²) in [5.41, 5.74) is 6.56. The van der Waals surface area contributed by atoms with E-state index in [1.54, 1.807) is 25.6 Å². The van der Waals surface area contributed by atoms with E-state index in [-0.39, 0.29) is 29.8 Å². The number of hydrogen-bond donors (Lipinski definition) is 3. The maximum atomic E-state index is 14.4. The second kappa shape index (κ2) is 19.1. The first kappa shape index (κ1) is 47.6. The fraction of sp³-hybridized carbons (Fsp3) is 0.417. The van der Waals surface area contributed by atoms with E-state index < -0.39 is 44.8 Å². The Morgan fingerprint density at radius 2 is 1.76 bits per heavy atom. The molecule has 1 amide bonds. The maximum Gasteiger partial charge on any atom is 0.293 e. The Bertz CT molecular complexity index is 2930. The molecular weight excluding hydrogens is 929 g/mol. The van der Waals surface area contributed by atoms with E-state index in [0.717, 1.165) is 74.1 Å². The molecule has 2 fully saturated rings. The molecular formula is C48H57ClN9O8PS. The molecule has 4 aliphatic rings. The highest BCUT2D eigenvalue weighted by Gasteiger charge is 2.33. The van der Waals surface area contributed by atoms with Gasteiger partial charge in [-0.15, -0.1) is 0 Å². The highest BCUT2D eigenvalue weighted by molar-refractivity contribution is 7.90. The minimum Gasteiger partial charge on any atom is -0.474 e. The largest absolute Gasteiger partial charge is 0.474 e. The predicted octanol–water partition coefficient (Wildman–Crippen LogP) is 8.21. The summed E-state index contributed by atoms with van der Waals surface area (Å²) in [6.07, 6.45) is 4.56. The van der Waals surface area contributed by atoms with Crippen molar-refractivity contribution < 1.29 is 32.2 Å². The third-order valence-corrected chi connectivity index (χ3v) is 16.7. The van der Waals surface area contributed by atoms with Gasteiger partial charge >= 0.3 is 0 Å². The van der Waals surface area contributed by atoms with E-state index in [1.807, 2.05) is 46.0 Å². The SMILES string of the molecule is CC1(C)CCC(CN2CCN(c3ccc(C(=O)NS(=O)(=O)c4ccc(NCC5CN(P(C)(C)=O)CCO5)c([N+](=O)[O-])c4)c(N4CCOc5nc6[nH]ccc6cc54)c3)CC2)=C(c2ccc(Cl)cc2)C1. The van der Waals surface area contributed by atoms with Crippen LogP contribution in [0.25, 0.3) is 16.6 Å². The summed E-state index contributed by atoms with van der Waals surface area (Å²) < 4.78 is 56.5. The minimum atomic E-state index is -4.63. The van der Waals surface area contributed by atoms with Gasteiger partial charge in [-0.3, -0.25) is 19.8 Å². The quantitative estimate of drug-likeness (QED) is 0.0580. The molecule has 5 heterocycles. The summed E-state index contributed by atoms with van der Waals surface area (Å²) in [5.74, 6) is -0.541. The van der Waals surface area contributed by atoms with Crippen LogP contribution < -0.4 is 24.6 Å². The number of fused-ring (bicyclic) bond motifs is 2. The number of rotatable bonds is 13. The van der Waals surface area contributed by atoms with E-state index in [2.05, 4.69) is 50.8 Å². The van der Waals surface area contributed by atoms with Crippen molar-refractivity contribution in [2.45, 2.75) is 44.1 Å². The molecule has 2 saturated heterocycles. The summed E-state index contributed by atoms with van der Waals surface area (Å²) in [7, 11) is -7.15. The van der Waals surface area contributed by atoms with E-state index >= 15 is 0 Å². The zero-order valence-corrected chi connectivity index (χ0v) is 41.1. The Hall–Kier alpha value is -5.49. The third-order valence-electron chi connectivity index (χ3n) is 13.4. The number of nitro groups is 1. The lowest BCUT2D eigenvalue weighted by atomic mass is 9.72. The molecule has 17 nitrogen and oxygen atoms in total. The number of halogens is 1. The number of H-pyrrole nitrogens is 1. The molecule has 9 rings (SSSR count). The van der Waals surface area contributed by atoms with Crippen LogP contribution in [0.5, 0.6) is 5.88 Å². The number of aromatic amines is 1. The fourth-order valence-corrected chi connectivity index (χ4v) is 11.8. The lowest BCUT2D eigenvalue weighted by molar-refractivity contribution is -0.384. The number of morpholine rings is 1. The number of nitrogens with zero attached hydrogens (tertiary/aromatic N) is 6. The van der Waals surface area contributed by atoms with Crippen LogP contribution in [-0.4, -0.2) is 130 Å². The number of carbonyl (C=O) groups excluding carboxylic acids is 1. The number of sulfonamides is 1. The van der Waals surface area contributed by atoms with E-state index in [9.17, 15) is 27.9 Å². The molecule has 0 bridgehead atoms. The van der Waals surface area contributed by atoms with Crippen molar-refractivity contribution in [3.05, 3.63) is 111 Å². The van der Waals surface area contributed by atoms with Gasteiger partial charge in [0.15, 0.2) is 0 Å². The first-order chi connectivity index (χ1) is 32.4. The van der Waals surface area contributed by atoms with Crippen molar-refractivity contribution in [3.63, 3.8) is 0 Å². The van der Waals surface area contributed by atoms with Crippen molar-refractivity contribution in [2.75, 3.05) is 101 Å². The molecule has 3 aromatic carbocycles. The van der Waals surface area contributed by atoms with Gasteiger partial charge in [-0.25, -0.2) is 17.8 Å². The van der Waals surface area contributed by atoms with Crippen molar-refractivity contribution in [1.82, 2.24) is 24.3 Å². The highest BCUT2D eigenvalue weighted by Crippen LogP contribution is 2.45. The highest BCUT2D eigenvalue weighted by atomic mass is 35.5. The number of nitro benzene ring substituents is 1. The first-order valence-corrected chi connectivity index (χ1v) is 27.3. The van der Waals surface area contributed by atoms with E-state index in [0.29, 0.717) is 49.1 Å². The van der Waals surface area contributed by atoms with Gasteiger partial charge in [-0.2, -0.15) is 4.98 Å². The lowest BCUT2D eigenvalue weighted by Crippen LogP contribution is -2.47. The lowest BCUT2D eigenvalue weighted by Gasteiger charge is -2.39. The molecule has 0 radical (unpaired) electrons. The summed E-state index contributed by atoms with van der Waals surface area (Å²) in [5, 5.41) is 16.9. The standard InChI is InChI=1S/C48H57ClN9O8PS/c1-48(2)15-13-34(40(28-48)32-5-7-35(49)8-6-32)30-54-17-19-55(20-18-54)36-9-11-39(42(26-36)57-22-24-66-47-44(57)25-33-14-16-50-45(33)52-47)46(59)53-68(63,64)38-10-12-41(43(27-38)58(60)61)51-29-37-31-56(21-23-65-37)67(3,4)62/h5-12,14,16,25-27,37,51H,13,15,17-24,28-31H2,1-4H3,(H,50,52)(H,53,59). The second-order valence-electron chi connectivity index (χ2n) is 19.1. The number of allylic oxidation sites excluding steroid dienone is 1. The van der Waals surface area contributed by atoms with Crippen LogP contribution in [0.4, 0.5) is 28.4 Å². The third kappa shape index (κ3) is 10.4. The van der Waals surface area contributed by atoms with Gasteiger partial charge in [-0.1, -0.05) is 43.2 Å². The van der Waals surface area contributed by atoms with Gasteiger partial charge < -0.3 is 34.1 Å². The normalized spacial score (nSPS) is 19.4. The van der Waals surface area contributed by atoms with Crippen molar-refractivity contribution in [2.24, 2.45) is 5.41 Å². The average molecular weight is 987 g/mol. The van der Waals surface area contributed by atoms with Crippen LogP contribution in [-0.2, 0) is 19.3 Å². The van der Waals surface area contributed by atoms with Crippen LogP contribution in [0.2, 0.25) is 5.02 Å². The van der Waals surface area contributed by atoms with Gasteiger partial charge in [0, 0.05) is 94.0 Å². The van der Waals surface area contributed by atoms with Crippen LogP contribution in [0.1, 0.15) is 49.0 Å². The molecule has 360 valence electrons. The summed E-state index contributed by atoms with van der Waals surface area (Å²) in [6, 6.07) is 20.8. The number of pyridine rings is 1. The molecule has 68 heavy (non-hydrogen) atoms.